The summed E-state index contributed by atoms with van der Waals surface area (Å²) in [6.45, 7) is -4.63. The first-order chi connectivity index (χ1) is 13.5. The molecule has 2 atom stereocenters. The van der Waals surface area contributed by atoms with E-state index in [-0.39, 0.29) is 0 Å². The number of hydrogen-bond donors (Lipinski definition) is 0. The van der Waals surface area contributed by atoms with Gasteiger partial charge in [0.1, 0.15) is 0 Å². The minimum Gasteiger partial charge on any atom is -0.284 e. The fraction of sp³-hybridized carbons (Fsp3) is 1.00. The molecule has 0 saturated carbocycles. The van der Waals surface area contributed by atoms with E-state index in [1.54, 1.807) is 0 Å². The second-order valence-corrected chi connectivity index (χ2v) is 5.68. The van der Waals surface area contributed by atoms with Crippen LogP contribution in [0, 0.1) is 0 Å². The molecular weight excluding hydrogens is 525 g/mol. The van der Waals surface area contributed by atoms with Gasteiger partial charge in [-0.05, 0) is 0 Å². The molecule has 0 amide bonds. The van der Waals surface area contributed by atoms with Gasteiger partial charge in [0.15, 0.2) is 6.86 Å². The van der Waals surface area contributed by atoms with E-state index in [0.29, 0.717) is 0 Å². The molecule has 0 heterocycles. The van der Waals surface area contributed by atoms with Crippen LogP contribution < -0.4 is 0 Å². The van der Waals surface area contributed by atoms with Crippen molar-refractivity contribution in [1.82, 2.24) is 0 Å². The second-order valence-electron chi connectivity index (χ2n) is 5.68. The van der Waals surface area contributed by atoms with Crippen LogP contribution in [-0.4, -0.2) is 60.7 Å². The number of hydrogen-bond acceptors (Lipinski definition) is 2. The molecule has 0 aromatic rings. The van der Waals surface area contributed by atoms with Gasteiger partial charge in [0.2, 0.25) is 0 Å². The van der Waals surface area contributed by atoms with E-state index in [9.17, 15) is 83.4 Å². The topological polar surface area (TPSA) is 18.5 Å². The summed E-state index contributed by atoms with van der Waals surface area (Å²) in [7, 11) is 0. The van der Waals surface area contributed by atoms with Gasteiger partial charge in [0.25, 0.3) is 0 Å². The summed E-state index contributed by atoms with van der Waals surface area (Å²) in [5.41, 5.74) is -8.73. The maximum atomic E-state index is 13.9. The molecule has 2 unspecified atom stereocenters. The highest BCUT2D eigenvalue weighted by molar-refractivity contribution is 5.14. The van der Waals surface area contributed by atoms with Crippen LogP contribution >= 0.6 is 0 Å². The summed E-state index contributed by atoms with van der Waals surface area (Å²) in [5.74, 6) is -30.7. The molecule has 0 aliphatic carbocycles. The van der Waals surface area contributed by atoms with Crippen LogP contribution in [0.3, 0.4) is 0 Å². The zero-order valence-corrected chi connectivity index (χ0v) is 14.2. The van der Waals surface area contributed by atoms with Crippen molar-refractivity contribution < 1.29 is 92.9 Å². The van der Waals surface area contributed by atoms with Crippen LogP contribution in [0.1, 0.15) is 6.92 Å². The molecule has 32 heavy (non-hydrogen) atoms. The first-order valence-corrected chi connectivity index (χ1v) is 6.82. The zero-order chi connectivity index (χ0) is 26.6. The molecule has 0 rings (SSSR count). The van der Waals surface area contributed by atoms with Crippen LogP contribution in [0.4, 0.5) is 83.4 Å². The summed E-state index contributed by atoms with van der Waals surface area (Å²) in [5, 5.41) is 0. The molecule has 0 saturated heterocycles. The highest BCUT2D eigenvalue weighted by Crippen LogP contribution is 2.63. The van der Waals surface area contributed by atoms with Crippen LogP contribution in [0.2, 0.25) is 0 Å². The molecular formula is C11H5F19O2. The van der Waals surface area contributed by atoms with Gasteiger partial charge in [-0.2, -0.15) is 74.6 Å². The van der Waals surface area contributed by atoms with E-state index in [2.05, 4.69) is 4.74 Å². The SMILES string of the molecule is CC(F)(F)C(F)(F)C(F)(F)C(F)(C(F)(F)F)C(F)(F)OC(F)(C(F)(F)F)C(F)(F)OCF. The Hall–Kier alpha value is -1.41. The molecule has 0 aliphatic rings. The molecule has 0 fully saturated rings. The van der Waals surface area contributed by atoms with Gasteiger partial charge in [-0.3, -0.25) is 9.47 Å². The predicted octanol–water partition coefficient (Wildman–Crippen LogP) is 6.56. The lowest BCUT2D eigenvalue weighted by Gasteiger charge is -2.45. The Morgan fingerprint density at radius 2 is 0.906 bits per heavy atom. The highest BCUT2D eigenvalue weighted by Gasteiger charge is 2.94. The Kier molecular flexibility index (Phi) is 7.48. The Bertz CT molecular complexity index is 660. The molecule has 2 nitrogen and oxygen atoms in total. The summed E-state index contributed by atoms with van der Waals surface area (Å²) < 4.78 is 250. The number of halogens is 19. The Morgan fingerprint density at radius 3 is 1.16 bits per heavy atom. The van der Waals surface area contributed by atoms with Crippen molar-refractivity contribution in [2.24, 2.45) is 0 Å². The normalized spacial score (nSPS) is 19.5. The number of alkyl halides is 19. The van der Waals surface area contributed by atoms with Crippen molar-refractivity contribution in [3.05, 3.63) is 0 Å². The van der Waals surface area contributed by atoms with Crippen molar-refractivity contribution in [1.29, 1.82) is 0 Å². The molecule has 0 N–H and O–H groups in total. The second kappa shape index (κ2) is 7.83. The van der Waals surface area contributed by atoms with E-state index in [4.69, 9.17) is 0 Å². The van der Waals surface area contributed by atoms with Gasteiger partial charge < -0.3 is 0 Å². The first-order valence-electron chi connectivity index (χ1n) is 6.82. The lowest BCUT2D eigenvalue weighted by atomic mass is 9.87. The van der Waals surface area contributed by atoms with Crippen molar-refractivity contribution in [3.63, 3.8) is 0 Å². The molecule has 0 aromatic heterocycles. The van der Waals surface area contributed by atoms with Crippen molar-refractivity contribution >= 4 is 0 Å². The Labute approximate surface area is 162 Å². The molecule has 0 spiro atoms. The van der Waals surface area contributed by atoms with Gasteiger partial charge in [-0.15, -0.1) is 0 Å². The molecule has 0 radical (unpaired) electrons. The van der Waals surface area contributed by atoms with Gasteiger partial charge in [-0.1, -0.05) is 0 Å². The van der Waals surface area contributed by atoms with Crippen LogP contribution in [0.15, 0.2) is 0 Å². The largest absolute Gasteiger partial charge is 0.458 e. The quantitative estimate of drug-likeness (QED) is 0.315. The van der Waals surface area contributed by atoms with E-state index in [1.165, 1.54) is 4.74 Å². The lowest BCUT2D eigenvalue weighted by molar-refractivity contribution is -0.541. The minimum absolute atomic E-state index is 1.27. The van der Waals surface area contributed by atoms with E-state index >= 15 is 0 Å². The van der Waals surface area contributed by atoms with Crippen molar-refractivity contribution in [2.45, 2.75) is 60.8 Å². The molecule has 0 aromatic carbocycles. The Morgan fingerprint density at radius 1 is 0.531 bits per heavy atom. The molecule has 21 heteroatoms. The van der Waals surface area contributed by atoms with Gasteiger partial charge in [0, 0.05) is 6.92 Å². The summed E-state index contributed by atoms with van der Waals surface area (Å²) in [6, 6.07) is 0. The molecule has 0 aliphatic heterocycles. The maximum absolute atomic E-state index is 13.9. The fourth-order valence-corrected chi connectivity index (χ4v) is 1.71. The maximum Gasteiger partial charge on any atom is 0.458 e. The van der Waals surface area contributed by atoms with Gasteiger partial charge >= 0.3 is 53.9 Å². The Balaban J connectivity index is 7.16. The lowest BCUT2D eigenvalue weighted by Crippen LogP contribution is -2.76. The average Bonchev–Trinajstić information content (AvgIpc) is 2.49. The van der Waals surface area contributed by atoms with Gasteiger partial charge in [-0.25, -0.2) is 8.78 Å². The van der Waals surface area contributed by atoms with Crippen molar-refractivity contribution in [2.75, 3.05) is 6.86 Å². The third-order valence-corrected chi connectivity index (χ3v) is 3.41. The van der Waals surface area contributed by atoms with Crippen molar-refractivity contribution in [3.8, 4) is 0 Å². The van der Waals surface area contributed by atoms with Crippen LogP contribution in [0.5, 0.6) is 0 Å². The fourth-order valence-electron chi connectivity index (χ4n) is 1.71. The molecule has 0 bridgehead atoms. The van der Waals surface area contributed by atoms with Gasteiger partial charge in [0.05, 0.1) is 0 Å². The van der Waals surface area contributed by atoms with E-state index in [1.807, 2.05) is 0 Å². The van der Waals surface area contributed by atoms with E-state index in [0.717, 1.165) is 0 Å². The van der Waals surface area contributed by atoms with E-state index < -0.39 is 67.6 Å². The zero-order valence-electron chi connectivity index (χ0n) is 14.2. The summed E-state index contributed by atoms with van der Waals surface area (Å²) in [6.07, 6.45) is -31.8. The monoisotopic (exact) mass is 530 g/mol. The smallest absolute Gasteiger partial charge is 0.284 e. The summed E-state index contributed by atoms with van der Waals surface area (Å²) in [4.78, 5) is 0. The number of rotatable bonds is 9. The van der Waals surface area contributed by atoms with Crippen LogP contribution in [-0.2, 0) is 9.47 Å². The molecule has 194 valence electrons. The third kappa shape index (κ3) is 4.25. The average molecular weight is 530 g/mol. The summed E-state index contributed by atoms with van der Waals surface area (Å²) >= 11 is 0. The van der Waals surface area contributed by atoms with Crippen LogP contribution in [0.25, 0.3) is 0 Å². The highest BCUT2D eigenvalue weighted by atomic mass is 19.4. The first kappa shape index (κ1) is 30.6. The standard InChI is InChI=1S/C11H5F19O2/c1-3(13,14)5(16,17)6(18,19)4(15,8(21,22)23)10(27,28)32-7(20,9(24,25)26)11(29,30)31-2-12/h2H2,1H3. The predicted molar refractivity (Wildman–Crippen MR) is 58.3 cm³/mol. The number of ether oxygens (including phenoxy) is 2. The minimum atomic E-state index is -8.73. The third-order valence-electron chi connectivity index (χ3n) is 3.41.